The number of carbonyl (C=O) groups is 1. The van der Waals surface area contributed by atoms with Crippen molar-refractivity contribution in [2.75, 3.05) is 0 Å². The second kappa shape index (κ2) is 7.75. The summed E-state index contributed by atoms with van der Waals surface area (Å²) in [6.45, 7) is 3.76. The van der Waals surface area contributed by atoms with Gasteiger partial charge in [-0.1, -0.05) is 19.1 Å². The fourth-order valence-corrected chi connectivity index (χ4v) is 2.50. The molecule has 0 fully saturated rings. The third kappa shape index (κ3) is 3.94. The Morgan fingerprint density at radius 2 is 2.12 bits per heavy atom. The van der Waals surface area contributed by atoms with E-state index in [2.05, 4.69) is 15.5 Å². The second-order valence-electron chi connectivity index (χ2n) is 5.34. The smallest absolute Gasteiger partial charge is 0.275 e. The minimum absolute atomic E-state index is 0.0355. The molecule has 2 aromatic rings. The number of amides is 1. The van der Waals surface area contributed by atoms with Crippen molar-refractivity contribution < 1.29 is 15.0 Å². The monoisotopic (exact) mass is 362 g/mol. The zero-order valence-electron chi connectivity index (χ0n) is 13.7. The minimum atomic E-state index is -0.653. The number of hydrogen-bond donors (Lipinski definition) is 4. The lowest BCUT2D eigenvalue weighted by atomic mass is 10.2. The number of rotatable bonds is 5. The number of hydrogen-bond acceptors (Lipinski definition) is 6. The fraction of sp³-hybridized carbons (Fsp3) is 0.250. The number of benzene rings is 1. The lowest BCUT2D eigenvalue weighted by molar-refractivity contribution is 0.0952. The summed E-state index contributed by atoms with van der Waals surface area (Å²) in [5.41, 5.74) is 1.47. The molecule has 9 heteroatoms. The molecular weight excluding hydrogens is 344 g/mol. The molecule has 0 radical (unpaired) electrons. The van der Waals surface area contributed by atoms with Crippen LogP contribution in [0.5, 0.6) is 11.6 Å². The van der Waals surface area contributed by atoms with Crippen LogP contribution in [0, 0.1) is 4.77 Å². The highest BCUT2D eigenvalue weighted by Crippen LogP contribution is 2.20. The first kappa shape index (κ1) is 18.4. The quantitative estimate of drug-likeness (QED) is 0.369. The number of hydrazone groups is 1. The standard InChI is InChI=1S/C16H18N4O4S/c1-3-9(2)20-15(24)11(13(22)18-16(20)25)8-17-19-14(23)10-6-4-5-7-12(10)21/h4-9,21,24H,3H2,1-2H3,(H,19,23)(H,18,22,25)/b17-8+. The van der Waals surface area contributed by atoms with Crippen molar-refractivity contribution in [2.45, 2.75) is 26.3 Å². The van der Waals surface area contributed by atoms with Crippen LogP contribution in [-0.4, -0.2) is 31.9 Å². The van der Waals surface area contributed by atoms with E-state index in [1.54, 1.807) is 12.1 Å². The molecule has 1 aromatic carbocycles. The zero-order valence-corrected chi connectivity index (χ0v) is 14.5. The third-order valence-electron chi connectivity index (χ3n) is 3.69. The van der Waals surface area contributed by atoms with Crippen molar-refractivity contribution in [3.63, 3.8) is 0 Å². The highest BCUT2D eigenvalue weighted by Gasteiger charge is 2.15. The molecule has 2 rings (SSSR count). The lowest BCUT2D eigenvalue weighted by Crippen LogP contribution is -2.22. The molecule has 1 aromatic heterocycles. The topological polar surface area (TPSA) is 120 Å². The Morgan fingerprint density at radius 1 is 1.44 bits per heavy atom. The van der Waals surface area contributed by atoms with Crippen molar-refractivity contribution in [1.29, 1.82) is 0 Å². The maximum absolute atomic E-state index is 12.0. The molecule has 132 valence electrons. The van der Waals surface area contributed by atoms with Gasteiger partial charge in [-0.2, -0.15) is 5.10 Å². The number of aromatic hydroxyl groups is 2. The SMILES string of the molecule is CCC(C)n1c(O)c(/C=N/NC(=O)c2ccccc2O)c(=O)[nH]c1=S. The van der Waals surface area contributed by atoms with Crippen molar-refractivity contribution >= 4 is 24.3 Å². The van der Waals surface area contributed by atoms with Gasteiger partial charge >= 0.3 is 0 Å². The highest BCUT2D eigenvalue weighted by molar-refractivity contribution is 7.71. The van der Waals surface area contributed by atoms with Crippen LogP contribution in [0.4, 0.5) is 0 Å². The van der Waals surface area contributed by atoms with Gasteiger partial charge in [-0.15, -0.1) is 0 Å². The predicted octanol–water partition coefficient (Wildman–Crippen LogP) is 2.05. The summed E-state index contributed by atoms with van der Waals surface area (Å²) in [5.74, 6) is -1.18. The van der Waals surface area contributed by atoms with Crippen molar-refractivity contribution in [3.05, 3.63) is 50.5 Å². The van der Waals surface area contributed by atoms with Crippen LogP contribution >= 0.6 is 12.2 Å². The molecule has 0 saturated carbocycles. The van der Waals surface area contributed by atoms with E-state index in [4.69, 9.17) is 12.2 Å². The number of aromatic amines is 1. The van der Waals surface area contributed by atoms with E-state index in [9.17, 15) is 19.8 Å². The maximum Gasteiger partial charge on any atom is 0.275 e. The normalized spacial score (nSPS) is 12.2. The van der Waals surface area contributed by atoms with Gasteiger partial charge in [-0.25, -0.2) is 5.43 Å². The predicted molar refractivity (Wildman–Crippen MR) is 95.7 cm³/mol. The first-order chi connectivity index (χ1) is 11.9. The molecule has 1 unspecified atom stereocenters. The van der Waals surface area contributed by atoms with E-state index >= 15 is 0 Å². The fourth-order valence-electron chi connectivity index (χ4n) is 2.14. The molecular formula is C16H18N4O4S. The number of para-hydroxylation sites is 1. The highest BCUT2D eigenvalue weighted by atomic mass is 32.1. The Bertz CT molecular complexity index is 932. The molecule has 0 aliphatic carbocycles. The van der Waals surface area contributed by atoms with Gasteiger partial charge in [-0.05, 0) is 37.7 Å². The van der Waals surface area contributed by atoms with Gasteiger partial charge in [0.1, 0.15) is 11.3 Å². The lowest BCUT2D eigenvalue weighted by Gasteiger charge is -2.16. The van der Waals surface area contributed by atoms with E-state index in [1.165, 1.54) is 16.7 Å². The molecule has 8 nitrogen and oxygen atoms in total. The van der Waals surface area contributed by atoms with Crippen LogP contribution in [0.2, 0.25) is 0 Å². The van der Waals surface area contributed by atoms with Gasteiger partial charge < -0.3 is 10.2 Å². The Balaban J connectivity index is 2.30. The number of H-pyrrole nitrogens is 1. The molecule has 1 atom stereocenters. The Kier molecular flexibility index (Phi) is 5.71. The summed E-state index contributed by atoms with van der Waals surface area (Å²) in [5, 5.41) is 23.6. The number of phenolic OH excluding ortho intramolecular Hbond substituents is 1. The van der Waals surface area contributed by atoms with Crippen molar-refractivity contribution in [3.8, 4) is 11.6 Å². The van der Waals surface area contributed by atoms with Crippen LogP contribution < -0.4 is 11.0 Å². The molecule has 25 heavy (non-hydrogen) atoms. The van der Waals surface area contributed by atoms with E-state index in [-0.39, 0.29) is 33.6 Å². The van der Waals surface area contributed by atoms with Gasteiger partial charge in [0, 0.05) is 6.04 Å². The van der Waals surface area contributed by atoms with Crippen molar-refractivity contribution in [1.82, 2.24) is 15.0 Å². The molecule has 1 amide bonds. The minimum Gasteiger partial charge on any atom is -0.507 e. The largest absolute Gasteiger partial charge is 0.507 e. The number of nitrogens with zero attached hydrogens (tertiary/aromatic N) is 2. The van der Waals surface area contributed by atoms with Gasteiger partial charge in [0.05, 0.1) is 11.8 Å². The summed E-state index contributed by atoms with van der Waals surface area (Å²) in [4.78, 5) is 26.4. The summed E-state index contributed by atoms with van der Waals surface area (Å²) >= 11 is 5.07. The molecule has 0 bridgehead atoms. The number of phenols is 1. The van der Waals surface area contributed by atoms with Crippen LogP contribution in [0.3, 0.4) is 0 Å². The van der Waals surface area contributed by atoms with E-state index < -0.39 is 11.5 Å². The van der Waals surface area contributed by atoms with E-state index in [0.717, 1.165) is 6.21 Å². The molecule has 1 heterocycles. The Morgan fingerprint density at radius 3 is 2.76 bits per heavy atom. The van der Waals surface area contributed by atoms with E-state index in [1.807, 2.05) is 13.8 Å². The van der Waals surface area contributed by atoms with Crippen LogP contribution in [-0.2, 0) is 0 Å². The zero-order chi connectivity index (χ0) is 18.6. The van der Waals surface area contributed by atoms with Crippen LogP contribution in [0.15, 0.2) is 34.2 Å². The first-order valence-corrected chi connectivity index (χ1v) is 7.96. The average Bonchev–Trinajstić information content (AvgIpc) is 2.57. The molecule has 0 spiro atoms. The number of carbonyl (C=O) groups excluding carboxylic acids is 1. The van der Waals surface area contributed by atoms with Crippen LogP contribution in [0.25, 0.3) is 0 Å². The van der Waals surface area contributed by atoms with Gasteiger partial charge in [0.25, 0.3) is 11.5 Å². The molecule has 0 saturated heterocycles. The third-order valence-corrected chi connectivity index (χ3v) is 3.99. The molecule has 0 aliphatic rings. The summed E-state index contributed by atoms with van der Waals surface area (Å²) in [6, 6.07) is 5.83. The van der Waals surface area contributed by atoms with E-state index in [0.29, 0.717) is 6.42 Å². The van der Waals surface area contributed by atoms with Crippen LogP contribution in [0.1, 0.15) is 42.2 Å². The van der Waals surface area contributed by atoms with Crippen molar-refractivity contribution in [2.24, 2.45) is 5.10 Å². The molecule has 0 aliphatic heterocycles. The number of aromatic nitrogens is 2. The molecule has 4 N–H and O–H groups in total. The second-order valence-corrected chi connectivity index (χ2v) is 5.73. The Hall–Kier alpha value is -2.94. The average molecular weight is 362 g/mol. The maximum atomic E-state index is 12.0. The summed E-state index contributed by atoms with van der Waals surface area (Å²) < 4.78 is 1.51. The summed E-state index contributed by atoms with van der Waals surface area (Å²) in [7, 11) is 0. The summed E-state index contributed by atoms with van der Waals surface area (Å²) in [6.07, 6.45) is 1.72. The first-order valence-electron chi connectivity index (χ1n) is 7.56. The number of nitrogens with one attached hydrogen (secondary N) is 2. The van der Waals surface area contributed by atoms with Gasteiger partial charge in [0.2, 0.25) is 5.88 Å². The van der Waals surface area contributed by atoms with Gasteiger partial charge in [0.15, 0.2) is 4.77 Å². The van der Waals surface area contributed by atoms with Gasteiger partial charge in [-0.3, -0.25) is 19.1 Å². The Labute approximate surface area is 148 Å².